The topological polar surface area (TPSA) is 52.9 Å². The van der Waals surface area contributed by atoms with Crippen molar-refractivity contribution in [1.82, 2.24) is 4.90 Å². The van der Waals surface area contributed by atoms with Crippen LogP contribution in [0.15, 0.2) is 58.4 Å². The number of nitrogens with zero attached hydrogens (tertiary/aromatic N) is 2. The van der Waals surface area contributed by atoms with Crippen molar-refractivity contribution < 1.29 is 9.90 Å². The number of aliphatic imine (C=N–C) groups is 1. The van der Waals surface area contributed by atoms with E-state index in [0.717, 1.165) is 11.3 Å². The first kappa shape index (κ1) is 15.4. The molecule has 2 aromatic carbocycles. The molecule has 1 aliphatic rings. The van der Waals surface area contributed by atoms with E-state index in [-0.39, 0.29) is 11.7 Å². The van der Waals surface area contributed by atoms with Gasteiger partial charge in [0, 0.05) is 12.6 Å². The molecule has 0 radical (unpaired) electrons. The summed E-state index contributed by atoms with van der Waals surface area (Å²) in [5.41, 5.74) is 2.59. The lowest BCUT2D eigenvalue weighted by Crippen LogP contribution is -2.23. The molecule has 5 heteroatoms. The van der Waals surface area contributed by atoms with E-state index in [9.17, 15) is 9.90 Å². The molecule has 0 spiro atoms. The summed E-state index contributed by atoms with van der Waals surface area (Å²) in [7, 11) is 1.70. The number of hydrogen-bond acceptors (Lipinski definition) is 4. The first-order chi connectivity index (χ1) is 11.0. The van der Waals surface area contributed by atoms with Crippen LogP contribution in [-0.2, 0) is 4.79 Å². The van der Waals surface area contributed by atoms with Gasteiger partial charge in [-0.05, 0) is 43.0 Å². The number of aryl methyl sites for hydroxylation is 1. The fraction of sp³-hybridized carbons (Fsp3) is 0.111. The summed E-state index contributed by atoms with van der Waals surface area (Å²) in [4.78, 5) is 18.9. The molecule has 0 atom stereocenters. The van der Waals surface area contributed by atoms with Crippen LogP contribution in [0.5, 0.6) is 5.75 Å². The maximum Gasteiger partial charge on any atom is 0.266 e. The monoisotopic (exact) mass is 324 g/mol. The summed E-state index contributed by atoms with van der Waals surface area (Å²) in [6, 6.07) is 14.8. The number of benzene rings is 2. The number of phenols is 1. The summed E-state index contributed by atoms with van der Waals surface area (Å²) in [6.45, 7) is 2.02. The molecular weight excluding hydrogens is 308 g/mol. The molecule has 2 aromatic rings. The van der Waals surface area contributed by atoms with Crippen molar-refractivity contribution in [3.8, 4) is 5.75 Å². The van der Waals surface area contributed by atoms with E-state index in [1.807, 2.05) is 37.3 Å². The summed E-state index contributed by atoms with van der Waals surface area (Å²) in [5.74, 6) is 0.0316. The Bertz CT molecular complexity index is 810. The van der Waals surface area contributed by atoms with Crippen LogP contribution in [0, 0.1) is 6.92 Å². The van der Waals surface area contributed by atoms with Crippen LogP contribution in [0.3, 0.4) is 0 Å². The van der Waals surface area contributed by atoms with Crippen molar-refractivity contribution in [2.24, 2.45) is 4.99 Å². The Morgan fingerprint density at radius 2 is 1.83 bits per heavy atom. The lowest BCUT2D eigenvalue weighted by molar-refractivity contribution is -0.121. The lowest BCUT2D eigenvalue weighted by atomic mass is 10.2. The van der Waals surface area contributed by atoms with Gasteiger partial charge in [0.2, 0.25) is 0 Å². The number of amidine groups is 1. The van der Waals surface area contributed by atoms with Crippen molar-refractivity contribution in [2.45, 2.75) is 6.92 Å². The normalized spacial score (nSPS) is 18.2. The zero-order valence-electron chi connectivity index (χ0n) is 12.9. The smallest absolute Gasteiger partial charge is 0.266 e. The number of carbonyl (C=O) groups excluding carboxylic acids is 1. The molecule has 3 rings (SSSR count). The number of para-hydroxylation sites is 1. The molecule has 1 amide bonds. The van der Waals surface area contributed by atoms with E-state index in [1.54, 1.807) is 31.3 Å². The molecule has 0 aromatic heterocycles. The van der Waals surface area contributed by atoms with Gasteiger partial charge < -0.3 is 5.11 Å². The largest absolute Gasteiger partial charge is 0.507 e. The van der Waals surface area contributed by atoms with Gasteiger partial charge in [0.15, 0.2) is 5.17 Å². The number of carbonyl (C=O) groups is 1. The number of rotatable bonds is 2. The Labute approximate surface area is 139 Å². The number of phenolic OH excluding ortho intramolecular Hbond substituents is 1. The molecule has 0 aliphatic carbocycles. The first-order valence-electron chi connectivity index (χ1n) is 7.15. The fourth-order valence-corrected chi connectivity index (χ4v) is 3.11. The second-order valence-electron chi connectivity index (χ2n) is 5.26. The number of amides is 1. The van der Waals surface area contributed by atoms with Crippen molar-refractivity contribution in [2.75, 3.05) is 7.05 Å². The van der Waals surface area contributed by atoms with Crippen LogP contribution < -0.4 is 0 Å². The van der Waals surface area contributed by atoms with Gasteiger partial charge in [-0.1, -0.05) is 35.9 Å². The van der Waals surface area contributed by atoms with Gasteiger partial charge >= 0.3 is 0 Å². The van der Waals surface area contributed by atoms with Crippen LogP contribution in [-0.4, -0.2) is 28.1 Å². The SMILES string of the molecule is Cc1ccc(N=C2SC(=Cc3ccccc3O)C(=O)N2C)cc1. The van der Waals surface area contributed by atoms with Gasteiger partial charge in [-0.2, -0.15) is 0 Å². The zero-order valence-corrected chi connectivity index (χ0v) is 13.7. The van der Waals surface area contributed by atoms with Crippen LogP contribution in [0.1, 0.15) is 11.1 Å². The summed E-state index contributed by atoms with van der Waals surface area (Å²) in [6.07, 6.45) is 1.69. The minimum atomic E-state index is -0.121. The second kappa shape index (κ2) is 6.30. The average molecular weight is 324 g/mol. The number of likely N-dealkylation sites (N-methyl/N-ethyl adjacent to an activating group) is 1. The van der Waals surface area contributed by atoms with Crippen molar-refractivity contribution in [1.29, 1.82) is 0 Å². The van der Waals surface area contributed by atoms with Crippen molar-refractivity contribution in [3.63, 3.8) is 0 Å². The van der Waals surface area contributed by atoms with Gasteiger partial charge in [-0.15, -0.1) is 0 Å². The molecule has 1 N–H and O–H groups in total. The summed E-state index contributed by atoms with van der Waals surface area (Å²) in [5, 5.41) is 10.5. The van der Waals surface area contributed by atoms with E-state index in [0.29, 0.717) is 15.6 Å². The number of hydrogen-bond donors (Lipinski definition) is 1. The second-order valence-corrected chi connectivity index (χ2v) is 6.27. The highest BCUT2D eigenvalue weighted by Gasteiger charge is 2.30. The predicted molar refractivity (Wildman–Crippen MR) is 94.7 cm³/mol. The van der Waals surface area contributed by atoms with Crippen LogP contribution >= 0.6 is 11.8 Å². The summed E-state index contributed by atoms with van der Waals surface area (Å²) < 4.78 is 0. The minimum absolute atomic E-state index is 0.121. The lowest BCUT2D eigenvalue weighted by Gasteiger charge is -2.07. The third kappa shape index (κ3) is 3.29. The molecule has 1 aliphatic heterocycles. The zero-order chi connectivity index (χ0) is 16.4. The first-order valence-corrected chi connectivity index (χ1v) is 7.97. The van der Waals surface area contributed by atoms with E-state index < -0.39 is 0 Å². The maximum atomic E-state index is 12.4. The van der Waals surface area contributed by atoms with Gasteiger partial charge in [-0.3, -0.25) is 9.69 Å². The molecule has 0 bridgehead atoms. The quantitative estimate of drug-likeness (QED) is 0.852. The minimum Gasteiger partial charge on any atom is -0.507 e. The Balaban J connectivity index is 1.91. The van der Waals surface area contributed by atoms with E-state index in [4.69, 9.17) is 0 Å². The van der Waals surface area contributed by atoms with Gasteiger partial charge in [0.1, 0.15) is 5.75 Å². The molecule has 116 valence electrons. The Hall–Kier alpha value is -2.53. The Kier molecular flexibility index (Phi) is 4.21. The highest BCUT2D eigenvalue weighted by atomic mass is 32.2. The van der Waals surface area contributed by atoms with Crippen LogP contribution in [0.2, 0.25) is 0 Å². The number of aromatic hydroxyl groups is 1. The molecule has 0 unspecified atom stereocenters. The van der Waals surface area contributed by atoms with Gasteiger partial charge in [0.25, 0.3) is 5.91 Å². The van der Waals surface area contributed by atoms with E-state index >= 15 is 0 Å². The Morgan fingerprint density at radius 1 is 1.13 bits per heavy atom. The van der Waals surface area contributed by atoms with E-state index in [2.05, 4.69) is 4.99 Å². The van der Waals surface area contributed by atoms with Crippen molar-refractivity contribution >= 4 is 34.6 Å². The average Bonchev–Trinajstić information content (AvgIpc) is 2.80. The van der Waals surface area contributed by atoms with E-state index in [1.165, 1.54) is 16.7 Å². The molecule has 1 saturated heterocycles. The van der Waals surface area contributed by atoms with Gasteiger partial charge in [-0.25, -0.2) is 4.99 Å². The molecule has 0 saturated carbocycles. The molecular formula is C18H16N2O2S. The van der Waals surface area contributed by atoms with Crippen LogP contribution in [0.4, 0.5) is 5.69 Å². The molecule has 23 heavy (non-hydrogen) atoms. The molecule has 1 heterocycles. The highest BCUT2D eigenvalue weighted by molar-refractivity contribution is 8.18. The predicted octanol–water partition coefficient (Wildman–Crippen LogP) is 3.93. The third-order valence-corrected chi connectivity index (χ3v) is 4.55. The standard InChI is InChI=1S/C18H16N2O2S/c1-12-7-9-14(10-8-12)19-18-20(2)17(22)16(23-18)11-13-5-3-4-6-15(13)21/h3-11,21H,1-2H3. The fourth-order valence-electron chi connectivity index (χ4n) is 2.13. The molecule has 4 nitrogen and oxygen atoms in total. The molecule has 1 fully saturated rings. The van der Waals surface area contributed by atoms with Crippen LogP contribution in [0.25, 0.3) is 6.08 Å². The third-order valence-electron chi connectivity index (χ3n) is 3.49. The summed E-state index contributed by atoms with van der Waals surface area (Å²) >= 11 is 1.31. The maximum absolute atomic E-state index is 12.4. The highest BCUT2D eigenvalue weighted by Crippen LogP contribution is 2.34. The van der Waals surface area contributed by atoms with Gasteiger partial charge in [0.05, 0.1) is 10.6 Å². The number of thioether (sulfide) groups is 1. The van der Waals surface area contributed by atoms with Crippen molar-refractivity contribution in [3.05, 3.63) is 64.6 Å². The Morgan fingerprint density at radius 3 is 2.52 bits per heavy atom.